The Morgan fingerprint density at radius 3 is 2.42 bits per heavy atom. The fourth-order valence-electron chi connectivity index (χ4n) is 1.24. The van der Waals surface area contributed by atoms with Gasteiger partial charge >= 0.3 is 5.97 Å². The van der Waals surface area contributed by atoms with E-state index in [2.05, 4.69) is 5.32 Å². The molecule has 1 rings (SSSR count). The Kier molecular flexibility index (Phi) is 5.86. The number of hydrogen-bond acceptors (Lipinski definition) is 2. The van der Waals surface area contributed by atoms with Gasteiger partial charge in [0.2, 0.25) is 5.91 Å². The van der Waals surface area contributed by atoms with Gasteiger partial charge in [0.05, 0.1) is 5.92 Å². The van der Waals surface area contributed by atoms with Gasteiger partial charge in [-0.05, 0) is 29.8 Å². The first kappa shape index (κ1) is 15.5. The molecule has 0 saturated heterocycles. The van der Waals surface area contributed by atoms with Crippen molar-refractivity contribution in [2.45, 2.75) is 6.92 Å². The number of benzene rings is 1. The summed E-state index contributed by atoms with van der Waals surface area (Å²) in [6, 6.07) is 4.92. The summed E-state index contributed by atoms with van der Waals surface area (Å²) in [4.78, 5) is 22.0. The summed E-state index contributed by atoms with van der Waals surface area (Å²) in [6.07, 6.45) is 2.86. The maximum Gasteiger partial charge on any atom is 0.308 e. The minimum atomic E-state index is -0.953. The van der Waals surface area contributed by atoms with Gasteiger partial charge in [0.1, 0.15) is 0 Å². The van der Waals surface area contributed by atoms with Gasteiger partial charge in [0.15, 0.2) is 0 Å². The second-order valence-electron chi connectivity index (χ2n) is 4.02. The SMILES string of the molecule is CC(CNC(=O)C=Cc1cc(Cl)cc(Cl)c1)C(=O)O. The summed E-state index contributed by atoms with van der Waals surface area (Å²) in [6.45, 7) is 1.60. The van der Waals surface area contributed by atoms with Crippen LogP contribution in [-0.4, -0.2) is 23.5 Å². The van der Waals surface area contributed by atoms with Crippen molar-refractivity contribution in [3.05, 3.63) is 39.9 Å². The number of amides is 1. The Morgan fingerprint density at radius 2 is 1.89 bits per heavy atom. The van der Waals surface area contributed by atoms with Gasteiger partial charge in [0, 0.05) is 22.7 Å². The standard InChI is InChI=1S/C13H13Cl2NO3/c1-8(13(18)19)7-16-12(17)3-2-9-4-10(14)6-11(15)5-9/h2-6,8H,7H2,1H3,(H,16,17)(H,18,19). The molecule has 0 aliphatic carbocycles. The van der Waals surface area contributed by atoms with E-state index in [4.69, 9.17) is 28.3 Å². The van der Waals surface area contributed by atoms with E-state index in [1.54, 1.807) is 24.3 Å². The Bertz CT molecular complexity index is 494. The molecule has 0 bridgehead atoms. The predicted molar refractivity (Wildman–Crippen MR) is 75.3 cm³/mol. The highest BCUT2D eigenvalue weighted by Gasteiger charge is 2.10. The molecule has 0 aliphatic heterocycles. The van der Waals surface area contributed by atoms with Crippen LogP contribution in [0.4, 0.5) is 0 Å². The van der Waals surface area contributed by atoms with Crippen molar-refractivity contribution in [2.24, 2.45) is 5.92 Å². The van der Waals surface area contributed by atoms with Crippen LogP contribution in [0.15, 0.2) is 24.3 Å². The van der Waals surface area contributed by atoms with Crippen molar-refractivity contribution in [2.75, 3.05) is 6.54 Å². The molecule has 19 heavy (non-hydrogen) atoms. The molecule has 1 aromatic carbocycles. The van der Waals surface area contributed by atoms with E-state index >= 15 is 0 Å². The molecule has 102 valence electrons. The predicted octanol–water partition coefficient (Wildman–Crippen LogP) is 2.84. The van der Waals surface area contributed by atoms with Crippen molar-refractivity contribution in [3.63, 3.8) is 0 Å². The summed E-state index contributed by atoms with van der Waals surface area (Å²) in [5.41, 5.74) is 0.693. The number of halogens is 2. The van der Waals surface area contributed by atoms with Crippen LogP contribution < -0.4 is 5.32 Å². The normalized spacial score (nSPS) is 12.4. The molecular formula is C13H13Cl2NO3. The zero-order chi connectivity index (χ0) is 14.4. The number of nitrogens with one attached hydrogen (secondary N) is 1. The van der Waals surface area contributed by atoms with Crippen LogP contribution in [0.1, 0.15) is 12.5 Å². The lowest BCUT2D eigenvalue weighted by molar-refractivity contribution is -0.141. The lowest BCUT2D eigenvalue weighted by atomic mass is 10.2. The van der Waals surface area contributed by atoms with Gasteiger partial charge in [-0.2, -0.15) is 0 Å². The molecular weight excluding hydrogens is 289 g/mol. The van der Waals surface area contributed by atoms with Crippen LogP contribution in [0.5, 0.6) is 0 Å². The molecule has 0 radical (unpaired) electrons. The summed E-state index contributed by atoms with van der Waals surface area (Å²) in [5, 5.41) is 12.1. The monoisotopic (exact) mass is 301 g/mol. The van der Waals surface area contributed by atoms with Crippen molar-refractivity contribution in [1.82, 2.24) is 5.32 Å². The van der Waals surface area contributed by atoms with Gasteiger partial charge in [-0.3, -0.25) is 9.59 Å². The quantitative estimate of drug-likeness (QED) is 0.822. The van der Waals surface area contributed by atoms with Crippen LogP contribution in [0.2, 0.25) is 10.0 Å². The van der Waals surface area contributed by atoms with Crippen molar-refractivity contribution < 1.29 is 14.7 Å². The van der Waals surface area contributed by atoms with Crippen LogP contribution in [-0.2, 0) is 9.59 Å². The molecule has 0 fully saturated rings. The third-order valence-corrected chi connectivity index (χ3v) is 2.75. The van der Waals surface area contributed by atoms with E-state index in [0.29, 0.717) is 15.6 Å². The molecule has 6 heteroatoms. The smallest absolute Gasteiger partial charge is 0.308 e. The van der Waals surface area contributed by atoms with E-state index < -0.39 is 11.9 Å². The lowest BCUT2D eigenvalue weighted by Crippen LogP contribution is -2.30. The summed E-state index contributed by atoms with van der Waals surface area (Å²) in [5.74, 6) is -1.95. The van der Waals surface area contributed by atoms with Gasteiger partial charge in [0.25, 0.3) is 0 Å². The van der Waals surface area contributed by atoms with Crippen LogP contribution in [0, 0.1) is 5.92 Å². The number of carboxylic acid groups (broad SMARTS) is 1. The second-order valence-corrected chi connectivity index (χ2v) is 4.89. The number of rotatable bonds is 5. The molecule has 1 unspecified atom stereocenters. The van der Waals surface area contributed by atoms with Crippen LogP contribution in [0.25, 0.3) is 6.08 Å². The zero-order valence-corrected chi connectivity index (χ0v) is 11.7. The fraction of sp³-hybridized carbons (Fsp3) is 0.231. The highest BCUT2D eigenvalue weighted by atomic mass is 35.5. The van der Waals surface area contributed by atoms with Crippen LogP contribution in [0.3, 0.4) is 0 Å². The molecule has 1 amide bonds. The Morgan fingerprint density at radius 1 is 1.32 bits per heavy atom. The summed E-state index contributed by atoms with van der Waals surface area (Å²) < 4.78 is 0. The van der Waals surface area contributed by atoms with E-state index in [0.717, 1.165) is 0 Å². The molecule has 0 aliphatic rings. The summed E-state index contributed by atoms with van der Waals surface area (Å²) in [7, 11) is 0. The first-order chi connectivity index (χ1) is 8.88. The molecule has 0 heterocycles. The fourth-order valence-corrected chi connectivity index (χ4v) is 1.79. The van der Waals surface area contributed by atoms with Gasteiger partial charge in [-0.15, -0.1) is 0 Å². The highest BCUT2D eigenvalue weighted by molar-refractivity contribution is 6.34. The topological polar surface area (TPSA) is 66.4 Å². The third-order valence-electron chi connectivity index (χ3n) is 2.32. The Labute approximate surface area is 121 Å². The first-order valence-corrected chi connectivity index (χ1v) is 6.29. The Balaban J connectivity index is 2.56. The van der Waals surface area contributed by atoms with Gasteiger partial charge in [-0.1, -0.05) is 30.1 Å². The molecule has 2 N–H and O–H groups in total. The number of carbonyl (C=O) groups excluding carboxylic acids is 1. The largest absolute Gasteiger partial charge is 0.481 e. The average Bonchev–Trinajstić information content (AvgIpc) is 2.32. The maximum atomic E-state index is 11.5. The molecule has 0 saturated carbocycles. The zero-order valence-electron chi connectivity index (χ0n) is 10.2. The van der Waals surface area contributed by atoms with E-state index in [1.165, 1.54) is 13.0 Å². The lowest BCUT2D eigenvalue weighted by Gasteiger charge is -2.05. The third kappa shape index (κ3) is 5.77. The number of aliphatic carboxylic acids is 1. The number of carbonyl (C=O) groups is 2. The minimum absolute atomic E-state index is 0.0782. The second kappa shape index (κ2) is 7.16. The van der Waals surface area contributed by atoms with E-state index in [9.17, 15) is 9.59 Å². The average molecular weight is 302 g/mol. The number of carboxylic acids is 1. The minimum Gasteiger partial charge on any atom is -0.481 e. The highest BCUT2D eigenvalue weighted by Crippen LogP contribution is 2.19. The maximum absolute atomic E-state index is 11.5. The van der Waals surface area contributed by atoms with Crippen LogP contribution >= 0.6 is 23.2 Å². The molecule has 4 nitrogen and oxygen atoms in total. The molecule has 1 atom stereocenters. The molecule has 0 aromatic heterocycles. The van der Waals surface area contributed by atoms with E-state index in [1.807, 2.05) is 0 Å². The van der Waals surface area contributed by atoms with Gasteiger partial charge in [-0.25, -0.2) is 0 Å². The van der Waals surface area contributed by atoms with E-state index in [-0.39, 0.29) is 12.5 Å². The molecule has 0 spiro atoms. The van der Waals surface area contributed by atoms with Crippen molar-refractivity contribution in [3.8, 4) is 0 Å². The van der Waals surface area contributed by atoms with Gasteiger partial charge < -0.3 is 10.4 Å². The van der Waals surface area contributed by atoms with Crippen molar-refractivity contribution in [1.29, 1.82) is 0 Å². The first-order valence-electron chi connectivity index (χ1n) is 5.53. The Hall–Kier alpha value is -1.52. The summed E-state index contributed by atoms with van der Waals surface area (Å²) >= 11 is 11.6. The molecule has 1 aromatic rings. The number of hydrogen-bond donors (Lipinski definition) is 2. The van der Waals surface area contributed by atoms with Crippen molar-refractivity contribution >= 4 is 41.2 Å².